The van der Waals surface area contributed by atoms with Crippen molar-refractivity contribution in [1.82, 2.24) is 20.3 Å². The SMILES string of the molecule is O=C(NCCc1c[nH]c2ccccc12)c1c[nH]c(=O)cn1. The van der Waals surface area contributed by atoms with Gasteiger partial charge in [-0.1, -0.05) is 18.2 Å². The Hall–Kier alpha value is -2.89. The largest absolute Gasteiger partial charge is 0.361 e. The predicted molar refractivity (Wildman–Crippen MR) is 79.2 cm³/mol. The second kappa shape index (κ2) is 5.62. The van der Waals surface area contributed by atoms with Gasteiger partial charge in [-0.15, -0.1) is 0 Å². The van der Waals surface area contributed by atoms with Crippen LogP contribution in [0.3, 0.4) is 0 Å². The summed E-state index contributed by atoms with van der Waals surface area (Å²) in [6.45, 7) is 0.501. The molecule has 0 saturated carbocycles. The van der Waals surface area contributed by atoms with Gasteiger partial charge in [0.1, 0.15) is 5.69 Å². The lowest BCUT2D eigenvalue weighted by atomic mass is 10.1. The maximum atomic E-state index is 11.8. The van der Waals surface area contributed by atoms with Crippen molar-refractivity contribution in [3.05, 3.63) is 64.5 Å². The van der Waals surface area contributed by atoms with Gasteiger partial charge in [0, 0.05) is 29.8 Å². The summed E-state index contributed by atoms with van der Waals surface area (Å²) in [6.07, 6.45) is 5.08. The van der Waals surface area contributed by atoms with Crippen LogP contribution in [0.5, 0.6) is 0 Å². The van der Waals surface area contributed by atoms with Gasteiger partial charge in [-0.3, -0.25) is 9.59 Å². The Labute approximate surface area is 120 Å². The number of hydrogen-bond acceptors (Lipinski definition) is 3. The van der Waals surface area contributed by atoms with Gasteiger partial charge in [-0.2, -0.15) is 0 Å². The number of aromatic amines is 2. The molecule has 3 aromatic rings. The molecule has 0 spiro atoms. The number of H-pyrrole nitrogens is 2. The Morgan fingerprint density at radius 1 is 1.19 bits per heavy atom. The van der Waals surface area contributed by atoms with E-state index in [2.05, 4.69) is 20.3 Å². The topological polar surface area (TPSA) is 90.6 Å². The van der Waals surface area contributed by atoms with Crippen LogP contribution in [-0.4, -0.2) is 27.4 Å². The van der Waals surface area contributed by atoms with Gasteiger partial charge >= 0.3 is 0 Å². The molecule has 21 heavy (non-hydrogen) atoms. The minimum Gasteiger partial charge on any atom is -0.361 e. The molecule has 6 nitrogen and oxygen atoms in total. The molecule has 0 atom stereocenters. The standard InChI is InChI=1S/C15H14N4O2/c20-14-9-18-13(8-19-14)15(21)16-6-5-10-7-17-12-4-2-1-3-11(10)12/h1-4,7-9,17H,5-6H2,(H,16,21)(H,19,20). The van der Waals surface area contributed by atoms with Gasteiger partial charge in [0.15, 0.2) is 0 Å². The average Bonchev–Trinajstić information content (AvgIpc) is 2.91. The lowest BCUT2D eigenvalue weighted by molar-refractivity contribution is 0.0948. The van der Waals surface area contributed by atoms with E-state index in [1.165, 1.54) is 6.20 Å². The van der Waals surface area contributed by atoms with Gasteiger partial charge in [-0.05, 0) is 18.1 Å². The third kappa shape index (κ3) is 2.84. The van der Waals surface area contributed by atoms with Crippen molar-refractivity contribution >= 4 is 16.8 Å². The molecule has 0 aliphatic heterocycles. The highest BCUT2D eigenvalue weighted by Crippen LogP contribution is 2.17. The Kier molecular flexibility index (Phi) is 3.51. The maximum Gasteiger partial charge on any atom is 0.271 e. The summed E-state index contributed by atoms with van der Waals surface area (Å²) in [6, 6.07) is 8.03. The van der Waals surface area contributed by atoms with Crippen LogP contribution in [0.4, 0.5) is 0 Å². The number of rotatable bonds is 4. The van der Waals surface area contributed by atoms with Crippen molar-refractivity contribution in [3.8, 4) is 0 Å². The first-order valence-electron chi connectivity index (χ1n) is 6.62. The molecule has 0 unspecified atom stereocenters. The van der Waals surface area contributed by atoms with Crippen LogP contribution in [0.2, 0.25) is 0 Å². The molecule has 2 aromatic heterocycles. The lowest BCUT2D eigenvalue weighted by Gasteiger charge is -2.03. The number of carbonyl (C=O) groups is 1. The maximum absolute atomic E-state index is 11.8. The number of nitrogens with zero attached hydrogens (tertiary/aromatic N) is 1. The molecule has 1 aromatic carbocycles. The highest BCUT2D eigenvalue weighted by atomic mass is 16.2. The third-order valence-corrected chi connectivity index (χ3v) is 3.26. The second-order valence-electron chi connectivity index (χ2n) is 4.66. The summed E-state index contributed by atoms with van der Waals surface area (Å²) in [4.78, 5) is 32.1. The summed E-state index contributed by atoms with van der Waals surface area (Å²) < 4.78 is 0. The molecule has 0 saturated heterocycles. The van der Waals surface area contributed by atoms with Crippen molar-refractivity contribution in [1.29, 1.82) is 0 Å². The highest BCUT2D eigenvalue weighted by Gasteiger charge is 2.07. The number of hydrogen-bond donors (Lipinski definition) is 3. The molecule has 1 amide bonds. The van der Waals surface area contributed by atoms with E-state index < -0.39 is 0 Å². The van der Waals surface area contributed by atoms with Gasteiger partial charge < -0.3 is 15.3 Å². The van der Waals surface area contributed by atoms with E-state index in [-0.39, 0.29) is 17.2 Å². The van der Waals surface area contributed by atoms with Crippen LogP contribution in [0.1, 0.15) is 16.1 Å². The molecule has 106 valence electrons. The van der Waals surface area contributed by atoms with E-state index in [1.54, 1.807) is 0 Å². The third-order valence-electron chi connectivity index (χ3n) is 3.26. The number of benzene rings is 1. The van der Waals surface area contributed by atoms with Gasteiger partial charge in [-0.25, -0.2) is 4.98 Å². The molecule has 0 fully saturated rings. The summed E-state index contributed by atoms with van der Waals surface area (Å²) in [5, 5.41) is 3.95. The minimum absolute atomic E-state index is 0.202. The smallest absolute Gasteiger partial charge is 0.271 e. The molecule has 6 heteroatoms. The molecular formula is C15H14N4O2. The Morgan fingerprint density at radius 3 is 2.86 bits per heavy atom. The molecule has 3 N–H and O–H groups in total. The fourth-order valence-electron chi connectivity index (χ4n) is 2.21. The zero-order valence-corrected chi connectivity index (χ0v) is 11.2. The quantitative estimate of drug-likeness (QED) is 0.672. The number of fused-ring (bicyclic) bond motifs is 1. The highest BCUT2D eigenvalue weighted by molar-refractivity contribution is 5.91. The summed E-state index contributed by atoms with van der Waals surface area (Å²) in [7, 11) is 0. The van der Waals surface area contributed by atoms with Crippen LogP contribution in [0.25, 0.3) is 10.9 Å². The number of para-hydroxylation sites is 1. The number of amides is 1. The summed E-state index contributed by atoms with van der Waals surface area (Å²) in [5.41, 5.74) is 2.11. The first-order chi connectivity index (χ1) is 10.2. The van der Waals surface area contributed by atoms with Crippen molar-refractivity contribution < 1.29 is 4.79 Å². The second-order valence-corrected chi connectivity index (χ2v) is 4.66. The molecule has 0 aliphatic rings. The van der Waals surface area contributed by atoms with Crippen LogP contribution in [-0.2, 0) is 6.42 Å². The van der Waals surface area contributed by atoms with E-state index in [0.29, 0.717) is 6.54 Å². The van der Waals surface area contributed by atoms with Gasteiger partial charge in [0.05, 0.1) is 6.20 Å². The molecule has 0 radical (unpaired) electrons. The van der Waals surface area contributed by atoms with Crippen LogP contribution >= 0.6 is 0 Å². The van der Waals surface area contributed by atoms with E-state index in [0.717, 1.165) is 29.1 Å². The van der Waals surface area contributed by atoms with Crippen LogP contribution in [0.15, 0.2) is 47.7 Å². The van der Waals surface area contributed by atoms with Crippen LogP contribution < -0.4 is 10.9 Å². The van der Waals surface area contributed by atoms with E-state index in [9.17, 15) is 9.59 Å². The first-order valence-corrected chi connectivity index (χ1v) is 6.62. The van der Waals surface area contributed by atoms with Crippen LogP contribution in [0, 0.1) is 0 Å². The Bertz CT molecular complexity index is 814. The molecule has 0 bridgehead atoms. The lowest BCUT2D eigenvalue weighted by Crippen LogP contribution is -2.27. The molecule has 0 aliphatic carbocycles. The monoisotopic (exact) mass is 282 g/mol. The number of nitrogens with one attached hydrogen (secondary N) is 3. The summed E-state index contributed by atoms with van der Waals surface area (Å²) >= 11 is 0. The average molecular weight is 282 g/mol. The van der Waals surface area contributed by atoms with Crippen molar-refractivity contribution in [2.45, 2.75) is 6.42 Å². The normalized spacial score (nSPS) is 10.7. The molecule has 2 heterocycles. The Balaban J connectivity index is 1.62. The van der Waals surface area contributed by atoms with E-state index >= 15 is 0 Å². The zero-order valence-electron chi connectivity index (χ0n) is 11.2. The summed E-state index contributed by atoms with van der Waals surface area (Å²) in [5.74, 6) is -0.300. The fourth-order valence-corrected chi connectivity index (χ4v) is 2.21. The fraction of sp³-hybridized carbons (Fsp3) is 0.133. The zero-order chi connectivity index (χ0) is 14.7. The first kappa shape index (κ1) is 13.1. The van der Waals surface area contributed by atoms with E-state index in [1.807, 2.05) is 30.5 Å². The minimum atomic E-state index is -0.328. The Morgan fingerprint density at radius 2 is 2.05 bits per heavy atom. The van der Waals surface area contributed by atoms with Gasteiger partial charge in [0.2, 0.25) is 0 Å². The van der Waals surface area contributed by atoms with E-state index in [4.69, 9.17) is 0 Å². The molecular weight excluding hydrogens is 268 g/mol. The predicted octanol–water partition coefficient (Wildman–Crippen LogP) is 1.22. The molecule has 3 rings (SSSR count). The van der Waals surface area contributed by atoms with Crippen molar-refractivity contribution in [3.63, 3.8) is 0 Å². The van der Waals surface area contributed by atoms with Gasteiger partial charge in [0.25, 0.3) is 11.5 Å². The number of aromatic nitrogens is 3. The van der Waals surface area contributed by atoms with Crippen molar-refractivity contribution in [2.24, 2.45) is 0 Å². The van der Waals surface area contributed by atoms with Crippen molar-refractivity contribution in [2.75, 3.05) is 6.54 Å². The number of carbonyl (C=O) groups excluding carboxylic acids is 1.